The SMILES string of the molecule is CC1CCCC1C(NN)c1cc2ccccc2o1. The van der Waals surface area contributed by atoms with Crippen molar-refractivity contribution < 1.29 is 4.42 Å². The Morgan fingerprint density at radius 2 is 2.17 bits per heavy atom. The first-order valence-corrected chi connectivity index (χ1v) is 6.74. The molecular formula is C15H20N2O. The summed E-state index contributed by atoms with van der Waals surface area (Å²) >= 11 is 0. The molecule has 0 saturated heterocycles. The average Bonchev–Trinajstić information content (AvgIpc) is 2.97. The highest BCUT2D eigenvalue weighted by molar-refractivity contribution is 5.77. The van der Waals surface area contributed by atoms with Crippen molar-refractivity contribution in [1.29, 1.82) is 0 Å². The largest absolute Gasteiger partial charge is 0.459 e. The van der Waals surface area contributed by atoms with Gasteiger partial charge in [0.25, 0.3) is 0 Å². The number of furan rings is 1. The molecule has 3 unspecified atom stereocenters. The van der Waals surface area contributed by atoms with Crippen LogP contribution in [0.5, 0.6) is 0 Å². The van der Waals surface area contributed by atoms with E-state index in [-0.39, 0.29) is 6.04 Å². The molecule has 96 valence electrons. The van der Waals surface area contributed by atoms with Crippen LogP contribution >= 0.6 is 0 Å². The Morgan fingerprint density at radius 3 is 2.83 bits per heavy atom. The van der Waals surface area contributed by atoms with Gasteiger partial charge >= 0.3 is 0 Å². The van der Waals surface area contributed by atoms with E-state index in [1.165, 1.54) is 19.3 Å². The number of para-hydroxylation sites is 1. The second kappa shape index (κ2) is 4.75. The third kappa shape index (κ3) is 1.93. The van der Waals surface area contributed by atoms with E-state index in [0.717, 1.165) is 16.7 Å². The first kappa shape index (κ1) is 11.8. The molecule has 0 radical (unpaired) electrons. The molecule has 3 atom stereocenters. The number of hydrazine groups is 1. The normalized spacial score (nSPS) is 25.7. The maximum absolute atomic E-state index is 5.94. The van der Waals surface area contributed by atoms with Crippen LogP contribution < -0.4 is 11.3 Å². The van der Waals surface area contributed by atoms with Gasteiger partial charge in [-0.2, -0.15) is 0 Å². The lowest BCUT2D eigenvalue weighted by Gasteiger charge is -2.24. The van der Waals surface area contributed by atoms with Crippen molar-refractivity contribution in [3.8, 4) is 0 Å². The fourth-order valence-corrected chi connectivity index (χ4v) is 3.24. The van der Waals surface area contributed by atoms with Crippen LogP contribution in [-0.4, -0.2) is 0 Å². The van der Waals surface area contributed by atoms with Crippen LogP contribution in [0.15, 0.2) is 34.7 Å². The molecule has 3 heteroatoms. The smallest absolute Gasteiger partial charge is 0.134 e. The lowest BCUT2D eigenvalue weighted by molar-refractivity contribution is 0.272. The van der Waals surface area contributed by atoms with E-state index in [1.54, 1.807) is 0 Å². The zero-order chi connectivity index (χ0) is 12.5. The summed E-state index contributed by atoms with van der Waals surface area (Å²) in [5, 5.41) is 1.15. The van der Waals surface area contributed by atoms with E-state index in [0.29, 0.717) is 11.8 Å². The molecule has 0 bridgehead atoms. The molecule has 0 spiro atoms. The summed E-state index contributed by atoms with van der Waals surface area (Å²) in [6.07, 6.45) is 3.82. The predicted octanol–water partition coefficient (Wildman–Crippen LogP) is 3.37. The van der Waals surface area contributed by atoms with Gasteiger partial charge in [0.1, 0.15) is 11.3 Å². The molecule has 1 aromatic carbocycles. The van der Waals surface area contributed by atoms with Crippen molar-refractivity contribution in [1.82, 2.24) is 5.43 Å². The molecule has 0 aliphatic heterocycles. The zero-order valence-corrected chi connectivity index (χ0v) is 10.7. The molecule has 1 saturated carbocycles. The topological polar surface area (TPSA) is 51.2 Å². The molecule has 3 N–H and O–H groups in total. The summed E-state index contributed by atoms with van der Waals surface area (Å²) in [7, 11) is 0. The Labute approximate surface area is 107 Å². The Hall–Kier alpha value is -1.32. The standard InChI is InChI=1S/C15H20N2O/c1-10-5-4-7-12(10)15(17-16)14-9-11-6-2-3-8-13(11)18-14/h2-3,6,8-10,12,15,17H,4-5,7,16H2,1H3. The Kier molecular flexibility index (Phi) is 3.10. The molecule has 1 aliphatic carbocycles. The molecule has 1 aliphatic rings. The van der Waals surface area contributed by atoms with Crippen LogP contribution in [0, 0.1) is 11.8 Å². The maximum Gasteiger partial charge on any atom is 0.134 e. The number of fused-ring (bicyclic) bond motifs is 1. The van der Waals surface area contributed by atoms with E-state index >= 15 is 0 Å². The molecule has 3 rings (SSSR count). The summed E-state index contributed by atoms with van der Waals surface area (Å²) in [5.41, 5.74) is 3.90. The monoisotopic (exact) mass is 244 g/mol. The van der Waals surface area contributed by atoms with Crippen molar-refractivity contribution in [2.24, 2.45) is 17.7 Å². The van der Waals surface area contributed by atoms with Crippen LogP contribution in [-0.2, 0) is 0 Å². The minimum absolute atomic E-state index is 0.134. The maximum atomic E-state index is 5.94. The van der Waals surface area contributed by atoms with Gasteiger partial charge in [0.15, 0.2) is 0 Å². The predicted molar refractivity (Wildman–Crippen MR) is 72.8 cm³/mol. The van der Waals surface area contributed by atoms with Gasteiger partial charge in [-0.15, -0.1) is 0 Å². The minimum atomic E-state index is 0.134. The number of nitrogens with two attached hydrogens (primary N) is 1. The van der Waals surface area contributed by atoms with Gasteiger partial charge in [-0.05, 0) is 30.4 Å². The second-order valence-electron chi connectivity index (χ2n) is 5.40. The van der Waals surface area contributed by atoms with Gasteiger partial charge < -0.3 is 4.42 Å². The third-order valence-electron chi connectivity index (χ3n) is 4.29. The highest BCUT2D eigenvalue weighted by Crippen LogP contribution is 2.40. The molecule has 0 amide bonds. The van der Waals surface area contributed by atoms with E-state index in [1.807, 2.05) is 18.2 Å². The highest BCUT2D eigenvalue weighted by atomic mass is 16.3. The minimum Gasteiger partial charge on any atom is -0.459 e. The lowest BCUT2D eigenvalue weighted by atomic mass is 9.89. The summed E-state index contributed by atoms with van der Waals surface area (Å²) < 4.78 is 5.94. The Morgan fingerprint density at radius 1 is 1.33 bits per heavy atom. The summed E-state index contributed by atoms with van der Waals surface area (Å²) in [6, 6.07) is 10.4. The average molecular weight is 244 g/mol. The lowest BCUT2D eigenvalue weighted by Crippen LogP contribution is -2.34. The Balaban J connectivity index is 1.95. The molecule has 2 aromatic rings. The molecule has 1 aromatic heterocycles. The third-order valence-corrected chi connectivity index (χ3v) is 4.29. The number of hydrogen-bond acceptors (Lipinski definition) is 3. The quantitative estimate of drug-likeness (QED) is 0.643. The van der Waals surface area contributed by atoms with Crippen LogP contribution in [0.4, 0.5) is 0 Å². The van der Waals surface area contributed by atoms with Gasteiger partial charge in [0.2, 0.25) is 0 Å². The van der Waals surface area contributed by atoms with Crippen molar-refractivity contribution in [2.45, 2.75) is 32.2 Å². The van der Waals surface area contributed by atoms with E-state index in [2.05, 4.69) is 24.5 Å². The van der Waals surface area contributed by atoms with Crippen LogP contribution in [0.1, 0.15) is 38.0 Å². The Bertz CT molecular complexity index is 501. The summed E-state index contributed by atoms with van der Waals surface area (Å²) in [5.74, 6) is 8.02. The van der Waals surface area contributed by atoms with E-state index < -0.39 is 0 Å². The van der Waals surface area contributed by atoms with Gasteiger partial charge in [-0.3, -0.25) is 5.84 Å². The highest BCUT2D eigenvalue weighted by Gasteiger charge is 2.33. The van der Waals surface area contributed by atoms with Crippen molar-refractivity contribution in [2.75, 3.05) is 0 Å². The number of hydrogen-bond donors (Lipinski definition) is 2. The summed E-state index contributed by atoms with van der Waals surface area (Å²) in [4.78, 5) is 0. The fraction of sp³-hybridized carbons (Fsp3) is 0.467. The molecule has 18 heavy (non-hydrogen) atoms. The number of rotatable bonds is 3. The molecule has 3 nitrogen and oxygen atoms in total. The van der Waals surface area contributed by atoms with E-state index in [4.69, 9.17) is 10.3 Å². The first-order valence-electron chi connectivity index (χ1n) is 6.74. The van der Waals surface area contributed by atoms with Crippen LogP contribution in [0.3, 0.4) is 0 Å². The second-order valence-corrected chi connectivity index (χ2v) is 5.40. The molecule has 1 heterocycles. The van der Waals surface area contributed by atoms with Crippen molar-refractivity contribution in [3.05, 3.63) is 36.1 Å². The molecular weight excluding hydrogens is 224 g/mol. The van der Waals surface area contributed by atoms with Crippen LogP contribution in [0.25, 0.3) is 11.0 Å². The van der Waals surface area contributed by atoms with Crippen LogP contribution in [0.2, 0.25) is 0 Å². The first-order chi connectivity index (χ1) is 8.79. The zero-order valence-electron chi connectivity index (χ0n) is 10.7. The van der Waals surface area contributed by atoms with Gasteiger partial charge in [-0.1, -0.05) is 38.0 Å². The van der Waals surface area contributed by atoms with Gasteiger partial charge in [0, 0.05) is 5.39 Å². The van der Waals surface area contributed by atoms with Crippen molar-refractivity contribution in [3.63, 3.8) is 0 Å². The number of benzene rings is 1. The fourth-order valence-electron chi connectivity index (χ4n) is 3.24. The van der Waals surface area contributed by atoms with Crippen molar-refractivity contribution >= 4 is 11.0 Å². The summed E-state index contributed by atoms with van der Waals surface area (Å²) in [6.45, 7) is 2.31. The van der Waals surface area contributed by atoms with Gasteiger partial charge in [0.05, 0.1) is 6.04 Å². The van der Waals surface area contributed by atoms with Gasteiger partial charge in [-0.25, -0.2) is 5.43 Å². The van der Waals surface area contributed by atoms with E-state index in [9.17, 15) is 0 Å². The number of nitrogens with one attached hydrogen (secondary N) is 1. The molecule has 1 fully saturated rings.